The van der Waals surface area contributed by atoms with Crippen LogP contribution in [0, 0.1) is 0 Å². The van der Waals surface area contributed by atoms with Crippen molar-refractivity contribution < 1.29 is 18.7 Å². The number of ether oxygens (including phenoxy) is 2. The highest BCUT2D eigenvalue weighted by molar-refractivity contribution is 7.98. The maximum atomic E-state index is 11.9. The number of esters is 1. The molecule has 3 aromatic heterocycles. The van der Waals surface area contributed by atoms with Crippen molar-refractivity contribution in [1.82, 2.24) is 19.7 Å². The number of fused-ring (bicyclic) bond motifs is 1. The highest BCUT2D eigenvalue weighted by Gasteiger charge is 2.24. The molecule has 1 aromatic carbocycles. The third-order valence-corrected chi connectivity index (χ3v) is 6.41. The van der Waals surface area contributed by atoms with Gasteiger partial charge in [-0.25, -0.2) is 4.79 Å². The van der Waals surface area contributed by atoms with Crippen LogP contribution in [0.3, 0.4) is 0 Å². The molecule has 0 unspecified atom stereocenters. The van der Waals surface area contributed by atoms with Gasteiger partial charge in [0.2, 0.25) is 0 Å². The van der Waals surface area contributed by atoms with Crippen LogP contribution in [0.4, 0.5) is 0 Å². The molecule has 0 amide bonds. The SMILES string of the molecule is COC(=O)c1ccoc1CSc1nnc(-c2c[nH]c3ccccc23)n1C[C@H]1CCCO1. The molecule has 5 rings (SSSR count). The van der Waals surface area contributed by atoms with Crippen molar-refractivity contribution in [1.29, 1.82) is 0 Å². The number of nitrogens with one attached hydrogen (secondary N) is 1. The normalized spacial score (nSPS) is 16.2. The number of H-pyrrole nitrogens is 1. The van der Waals surface area contributed by atoms with Crippen LogP contribution in [-0.2, 0) is 21.8 Å². The highest BCUT2D eigenvalue weighted by Crippen LogP contribution is 2.32. The van der Waals surface area contributed by atoms with Crippen molar-refractivity contribution in [2.24, 2.45) is 0 Å². The number of hydrogen-bond acceptors (Lipinski definition) is 7. The van der Waals surface area contributed by atoms with E-state index in [-0.39, 0.29) is 6.10 Å². The molecule has 1 aliphatic rings. The summed E-state index contributed by atoms with van der Waals surface area (Å²) < 4.78 is 18.3. The van der Waals surface area contributed by atoms with Crippen LogP contribution in [0.5, 0.6) is 0 Å². The third kappa shape index (κ3) is 3.86. The highest BCUT2D eigenvalue weighted by atomic mass is 32.2. The summed E-state index contributed by atoms with van der Waals surface area (Å²) in [5, 5.41) is 10.8. The number of aromatic amines is 1. The number of methoxy groups -OCH3 is 1. The lowest BCUT2D eigenvalue weighted by molar-refractivity contribution is 0.0598. The Hall–Kier alpha value is -3.04. The molecule has 4 aromatic rings. The lowest BCUT2D eigenvalue weighted by atomic mass is 10.1. The van der Waals surface area contributed by atoms with Crippen LogP contribution in [0.15, 0.2) is 52.4 Å². The van der Waals surface area contributed by atoms with E-state index in [1.54, 1.807) is 6.07 Å². The number of carbonyl (C=O) groups excluding carboxylic acids is 1. The standard InChI is InChI=1S/C22H22N4O4S/c1-28-21(27)16-8-10-30-19(16)13-31-22-25-24-20(26(22)12-14-5-4-9-29-14)17-11-23-18-7-3-2-6-15(17)18/h2-3,6-8,10-11,14,23H,4-5,9,12-13H2,1H3/t14-/m1/s1. The molecule has 160 valence electrons. The second-order valence-corrected chi connectivity index (χ2v) is 8.28. The first kappa shape index (κ1) is 19.9. The Morgan fingerprint density at radius 3 is 3.06 bits per heavy atom. The van der Waals surface area contributed by atoms with Crippen molar-refractivity contribution in [2.75, 3.05) is 13.7 Å². The minimum Gasteiger partial charge on any atom is -0.468 e. The van der Waals surface area contributed by atoms with Crippen LogP contribution in [0.1, 0.15) is 29.0 Å². The number of thioether (sulfide) groups is 1. The van der Waals surface area contributed by atoms with Crippen molar-refractivity contribution in [3.63, 3.8) is 0 Å². The summed E-state index contributed by atoms with van der Waals surface area (Å²) in [4.78, 5) is 15.3. The van der Waals surface area contributed by atoms with Gasteiger partial charge in [-0.2, -0.15) is 0 Å². The second kappa shape index (κ2) is 8.60. The Bertz CT molecular complexity index is 1210. The minimum atomic E-state index is -0.412. The topological polar surface area (TPSA) is 95.2 Å². The lowest BCUT2D eigenvalue weighted by Gasteiger charge is -2.14. The summed E-state index contributed by atoms with van der Waals surface area (Å²) >= 11 is 1.48. The predicted octanol–water partition coefficient (Wildman–Crippen LogP) is 4.28. The summed E-state index contributed by atoms with van der Waals surface area (Å²) in [5.41, 5.74) is 2.48. The van der Waals surface area contributed by atoms with Crippen molar-refractivity contribution in [2.45, 2.75) is 36.4 Å². The number of carbonyl (C=O) groups is 1. The van der Waals surface area contributed by atoms with E-state index < -0.39 is 5.97 Å². The molecule has 31 heavy (non-hydrogen) atoms. The zero-order chi connectivity index (χ0) is 21.2. The molecule has 0 saturated carbocycles. The maximum absolute atomic E-state index is 11.9. The fraction of sp³-hybridized carbons (Fsp3) is 0.318. The zero-order valence-electron chi connectivity index (χ0n) is 17.0. The van der Waals surface area contributed by atoms with Gasteiger partial charge in [-0.15, -0.1) is 10.2 Å². The molecular weight excluding hydrogens is 416 g/mol. The Morgan fingerprint density at radius 1 is 1.32 bits per heavy atom. The van der Waals surface area contributed by atoms with E-state index in [4.69, 9.17) is 13.9 Å². The number of nitrogens with zero attached hydrogens (tertiary/aromatic N) is 3. The average Bonchev–Trinajstić information content (AvgIpc) is 3.58. The molecule has 1 fully saturated rings. The molecule has 1 saturated heterocycles. The van der Waals surface area contributed by atoms with Gasteiger partial charge in [0.15, 0.2) is 11.0 Å². The molecule has 0 aliphatic carbocycles. The van der Waals surface area contributed by atoms with E-state index in [1.165, 1.54) is 25.1 Å². The van der Waals surface area contributed by atoms with Gasteiger partial charge in [0.25, 0.3) is 0 Å². The summed E-state index contributed by atoms with van der Waals surface area (Å²) in [5.74, 6) is 1.37. The quantitative estimate of drug-likeness (QED) is 0.340. The monoisotopic (exact) mass is 438 g/mol. The van der Waals surface area contributed by atoms with Crippen molar-refractivity contribution in [3.05, 3.63) is 54.1 Å². The van der Waals surface area contributed by atoms with Crippen molar-refractivity contribution >= 4 is 28.6 Å². The molecular formula is C22H22N4O4S. The Kier molecular flexibility index (Phi) is 5.52. The summed E-state index contributed by atoms with van der Waals surface area (Å²) in [6.07, 6.45) is 5.68. The second-order valence-electron chi connectivity index (χ2n) is 7.34. The van der Waals surface area contributed by atoms with E-state index in [9.17, 15) is 4.79 Å². The molecule has 9 heteroatoms. The zero-order valence-corrected chi connectivity index (χ0v) is 17.9. The lowest BCUT2D eigenvalue weighted by Crippen LogP contribution is -2.16. The van der Waals surface area contributed by atoms with Gasteiger partial charge in [-0.05, 0) is 25.0 Å². The van der Waals surface area contributed by atoms with Crippen LogP contribution >= 0.6 is 11.8 Å². The van der Waals surface area contributed by atoms with E-state index >= 15 is 0 Å². The Labute approximate surface area is 182 Å². The molecule has 4 heterocycles. The number of benzene rings is 1. The van der Waals surface area contributed by atoms with Crippen LogP contribution < -0.4 is 0 Å². The van der Waals surface area contributed by atoms with Gasteiger partial charge in [-0.1, -0.05) is 30.0 Å². The number of hydrogen-bond donors (Lipinski definition) is 1. The molecule has 0 radical (unpaired) electrons. The van der Waals surface area contributed by atoms with Gasteiger partial charge < -0.3 is 18.9 Å². The van der Waals surface area contributed by atoms with Crippen LogP contribution in [0.25, 0.3) is 22.3 Å². The smallest absolute Gasteiger partial charge is 0.341 e. The number of aromatic nitrogens is 4. The molecule has 1 atom stereocenters. The summed E-state index contributed by atoms with van der Waals surface area (Å²) in [6.45, 7) is 1.46. The Balaban J connectivity index is 1.47. The summed E-state index contributed by atoms with van der Waals surface area (Å²) in [6, 6.07) is 9.76. The predicted molar refractivity (Wildman–Crippen MR) is 116 cm³/mol. The van der Waals surface area contributed by atoms with Crippen LogP contribution in [0.2, 0.25) is 0 Å². The van der Waals surface area contributed by atoms with Gasteiger partial charge >= 0.3 is 5.97 Å². The number of rotatable bonds is 7. The number of para-hydroxylation sites is 1. The van der Waals surface area contributed by atoms with Gasteiger partial charge in [0, 0.05) is 29.3 Å². The Morgan fingerprint density at radius 2 is 2.23 bits per heavy atom. The molecule has 0 bridgehead atoms. The number of furan rings is 1. The van der Waals surface area contributed by atoms with Crippen molar-refractivity contribution in [3.8, 4) is 11.4 Å². The maximum Gasteiger partial charge on any atom is 0.341 e. The van der Waals surface area contributed by atoms with E-state index in [0.29, 0.717) is 23.6 Å². The fourth-order valence-corrected chi connectivity index (χ4v) is 4.78. The van der Waals surface area contributed by atoms with Gasteiger partial charge in [0.05, 0.1) is 31.8 Å². The van der Waals surface area contributed by atoms with E-state index in [1.807, 2.05) is 24.4 Å². The third-order valence-electron chi connectivity index (χ3n) is 5.44. The van der Waals surface area contributed by atoms with E-state index in [2.05, 4.69) is 25.8 Å². The van der Waals surface area contributed by atoms with Crippen LogP contribution in [-0.4, -0.2) is 45.5 Å². The molecule has 1 N–H and O–H groups in total. The van der Waals surface area contributed by atoms with Gasteiger partial charge in [-0.3, -0.25) is 4.57 Å². The van der Waals surface area contributed by atoms with Gasteiger partial charge in [0.1, 0.15) is 11.3 Å². The molecule has 1 aliphatic heterocycles. The first-order valence-electron chi connectivity index (χ1n) is 10.1. The largest absolute Gasteiger partial charge is 0.468 e. The summed E-state index contributed by atoms with van der Waals surface area (Å²) in [7, 11) is 1.36. The molecule has 0 spiro atoms. The minimum absolute atomic E-state index is 0.133. The average molecular weight is 439 g/mol. The first-order chi connectivity index (χ1) is 15.2. The van der Waals surface area contributed by atoms with E-state index in [0.717, 1.165) is 46.9 Å². The fourth-order valence-electron chi connectivity index (χ4n) is 3.88. The first-order valence-corrected chi connectivity index (χ1v) is 11.1. The molecule has 8 nitrogen and oxygen atoms in total.